The van der Waals surface area contributed by atoms with Crippen molar-refractivity contribution in [3.05, 3.63) is 70.8 Å². The van der Waals surface area contributed by atoms with E-state index in [2.05, 4.69) is 5.32 Å². The zero-order chi connectivity index (χ0) is 15.3. The molecule has 0 saturated carbocycles. The molecule has 0 aliphatic heterocycles. The molecule has 0 heterocycles. The highest BCUT2D eigenvalue weighted by Gasteiger charge is 2.33. The number of benzene rings is 2. The van der Waals surface area contributed by atoms with Crippen LogP contribution in [0.2, 0.25) is 5.02 Å². The standard InChI is InChI=1S/C16H13ClF3N/c17-15-9-8-13(11-14(15)16(18,19)20)21-10-4-7-12-5-2-1-3-6-12/h1-9,11,21H,10H2. The second kappa shape index (κ2) is 6.68. The van der Waals surface area contributed by atoms with Gasteiger partial charge in [-0.15, -0.1) is 0 Å². The summed E-state index contributed by atoms with van der Waals surface area (Å²) in [5.74, 6) is 0. The summed E-state index contributed by atoms with van der Waals surface area (Å²) in [5.41, 5.74) is 0.581. The van der Waals surface area contributed by atoms with Gasteiger partial charge in [-0.25, -0.2) is 0 Å². The van der Waals surface area contributed by atoms with Crippen molar-refractivity contribution < 1.29 is 13.2 Å². The van der Waals surface area contributed by atoms with Crippen LogP contribution in [-0.4, -0.2) is 6.54 Å². The number of hydrogen-bond donors (Lipinski definition) is 1. The van der Waals surface area contributed by atoms with Gasteiger partial charge >= 0.3 is 6.18 Å². The Balaban J connectivity index is 1.99. The van der Waals surface area contributed by atoms with E-state index in [0.29, 0.717) is 12.2 Å². The lowest BCUT2D eigenvalue weighted by Crippen LogP contribution is -2.07. The maximum absolute atomic E-state index is 12.7. The SMILES string of the molecule is FC(F)(F)c1cc(NCC=Cc2ccccc2)ccc1Cl. The average Bonchev–Trinajstić information content (AvgIpc) is 2.45. The molecule has 0 aliphatic rings. The van der Waals surface area contributed by atoms with Crippen LogP contribution < -0.4 is 5.32 Å². The lowest BCUT2D eigenvalue weighted by atomic mass is 10.2. The molecule has 0 radical (unpaired) electrons. The van der Waals surface area contributed by atoms with Crippen molar-refractivity contribution in [3.63, 3.8) is 0 Å². The summed E-state index contributed by atoms with van der Waals surface area (Å²) in [6.45, 7) is 0.424. The van der Waals surface area contributed by atoms with Gasteiger partial charge in [0.15, 0.2) is 0 Å². The van der Waals surface area contributed by atoms with Gasteiger partial charge in [0, 0.05) is 12.2 Å². The highest BCUT2D eigenvalue weighted by molar-refractivity contribution is 6.31. The first-order valence-corrected chi connectivity index (χ1v) is 6.67. The molecule has 0 bridgehead atoms. The second-order valence-electron chi connectivity index (χ2n) is 4.39. The normalized spacial score (nSPS) is 11.8. The van der Waals surface area contributed by atoms with E-state index >= 15 is 0 Å². The van der Waals surface area contributed by atoms with E-state index in [-0.39, 0.29) is 5.02 Å². The Morgan fingerprint density at radius 1 is 1.05 bits per heavy atom. The first-order chi connectivity index (χ1) is 9.97. The van der Waals surface area contributed by atoms with E-state index in [0.717, 1.165) is 11.6 Å². The van der Waals surface area contributed by atoms with E-state index in [9.17, 15) is 13.2 Å². The van der Waals surface area contributed by atoms with Crippen molar-refractivity contribution in [1.29, 1.82) is 0 Å². The fourth-order valence-corrected chi connectivity index (χ4v) is 2.01. The molecule has 0 saturated heterocycles. The van der Waals surface area contributed by atoms with Crippen LogP contribution in [0.15, 0.2) is 54.6 Å². The number of alkyl halides is 3. The molecule has 0 unspecified atom stereocenters. The summed E-state index contributed by atoms with van der Waals surface area (Å²) in [5, 5.41) is 2.61. The van der Waals surface area contributed by atoms with Crippen LogP contribution in [0.3, 0.4) is 0 Å². The van der Waals surface area contributed by atoms with E-state index in [1.165, 1.54) is 12.1 Å². The third-order valence-corrected chi connectivity index (χ3v) is 3.14. The highest BCUT2D eigenvalue weighted by Crippen LogP contribution is 2.36. The maximum atomic E-state index is 12.7. The molecule has 110 valence electrons. The minimum Gasteiger partial charge on any atom is -0.382 e. The molecule has 1 nitrogen and oxygen atoms in total. The zero-order valence-corrected chi connectivity index (χ0v) is 11.7. The van der Waals surface area contributed by atoms with Gasteiger partial charge < -0.3 is 5.32 Å². The number of anilines is 1. The first-order valence-electron chi connectivity index (χ1n) is 6.29. The minimum atomic E-state index is -4.45. The highest BCUT2D eigenvalue weighted by atomic mass is 35.5. The quantitative estimate of drug-likeness (QED) is 0.788. The predicted octanol–water partition coefficient (Wildman–Crippen LogP) is 5.48. The third kappa shape index (κ3) is 4.53. The van der Waals surface area contributed by atoms with Crippen LogP contribution in [0, 0.1) is 0 Å². The Hall–Kier alpha value is -1.94. The van der Waals surface area contributed by atoms with Gasteiger partial charge in [0.1, 0.15) is 0 Å². The summed E-state index contributed by atoms with van der Waals surface area (Å²) in [4.78, 5) is 0. The maximum Gasteiger partial charge on any atom is 0.417 e. The largest absolute Gasteiger partial charge is 0.417 e. The van der Waals surface area contributed by atoms with Crippen molar-refractivity contribution in [2.75, 3.05) is 11.9 Å². The van der Waals surface area contributed by atoms with Gasteiger partial charge in [-0.3, -0.25) is 0 Å². The van der Waals surface area contributed by atoms with Gasteiger partial charge in [-0.2, -0.15) is 13.2 Å². The smallest absolute Gasteiger partial charge is 0.382 e. The monoisotopic (exact) mass is 311 g/mol. The van der Waals surface area contributed by atoms with Crippen molar-refractivity contribution in [3.8, 4) is 0 Å². The molecule has 2 aromatic rings. The Bertz CT molecular complexity index is 621. The van der Waals surface area contributed by atoms with Crippen molar-refractivity contribution in [2.45, 2.75) is 6.18 Å². The molecule has 21 heavy (non-hydrogen) atoms. The Kier molecular flexibility index (Phi) is 4.91. The molecule has 1 N–H and O–H groups in total. The molecule has 0 amide bonds. The average molecular weight is 312 g/mol. The molecular weight excluding hydrogens is 299 g/mol. The molecule has 0 aromatic heterocycles. The van der Waals surface area contributed by atoms with E-state index in [1.807, 2.05) is 42.5 Å². The fourth-order valence-electron chi connectivity index (χ4n) is 1.79. The van der Waals surface area contributed by atoms with Crippen molar-refractivity contribution in [2.24, 2.45) is 0 Å². The van der Waals surface area contributed by atoms with Gasteiger partial charge in [0.2, 0.25) is 0 Å². The molecular formula is C16H13ClF3N. The number of rotatable bonds is 4. The molecule has 2 rings (SSSR count). The van der Waals surface area contributed by atoms with E-state index < -0.39 is 11.7 Å². The Morgan fingerprint density at radius 3 is 2.43 bits per heavy atom. The summed E-state index contributed by atoms with van der Waals surface area (Å²) >= 11 is 5.56. The predicted molar refractivity (Wildman–Crippen MR) is 80.4 cm³/mol. The summed E-state index contributed by atoms with van der Waals surface area (Å²) in [6, 6.07) is 13.4. The number of nitrogens with one attached hydrogen (secondary N) is 1. The lowest BCUT2D eigenvalue weighted by Gasteiger charge is -2.11. The van der Waals surface area contributed by atoms with E-state index in [1.54, 1.807) is 0 Å². The van der Waals surface area contributed by atoms with Crippen LogP contribution in [-0.2, 0) is 6.18 Å². The van der Waals surface area contributed by atoms with Crippen LogP contribution in [0.25, 0.3) is 6.08 Å². The topological polar surface area (TPSA) is 12.0 Å². The third-order valence-electron chi connectivity index (χ3n) is 2.81. The van der Waals surface area contributed by atoms with Crippen LogP contribution in [0.5, 0.6) is 0 Å². The number of halogens is 4. The molecule has 2 aromatic carbocycles. The summed E-state index contributed by atoms with van der Waals surface area (Å²) in [6.07, 6.45) is -0.709. The van der Waals surface area contributed by atoms with Crippen molar-refractivity contribution in [1.82, 2.24) is 0 Å². The Labute approximate surface area is 126 Å². The first kappa shape index (κ1) is 15.4. The molecule has 0 spiro atoms. The second-order valence-corrected chi connectivity index (χ2v) is 4.79. The van der Waals surface area contributed by atoms with Gasteiger partial charge in [-0.05, 0) is 23.8 Å². The van der Waals surface area contributed by atoms with Crippen molar-refractivity contribution >= 4 is 23.4 Å². The summed E-state index contributed by atoms with van der Waals surface area (Å²) < 4.78 is 38.1. The summed E-state index contributed by atoms with van der Waals surface area (Å²) in [7, 11) is 0. The van der Waals surface area contributed by atoms with Gasteiger partial charge in [0.05, 0.1) is 10.6 Å². The molecule has 5 heteroatoms. The van der Waals surface area contributed by atoms with Crippen LogP contribution >= 0.6 is 11.6 Å². The molecule has 0 atom stereocenters. The van der Waals surface area contributed by atoms with Gasteiger partial charge in [0.25, 0.3) is 0 Å². The van der Waals surface area contributed by atoms with Crippen LogP contribution in [0.1, 0.15) is 11.1 Å². The number of hydrogen-bond acceptors (Lipinski definition) is 1. The lowest BCUT2D eigenvalue weighted by molar-refractivity contribution is -0.137. The fraction of sp³-hybridized carbons (Fsp3) is 0.125. The molecule has 0 aliphatic carbocycles. The van der Waals surface area contributed by atoms with E-state index in [4.69, 9.17) is 11.6 Å². The zero-order valence-electron chi connectivity index (χ0n) is 11.0. The molecule has 0 fully saturated rings. The minimum absolute atomic E-state index is 0.298. The Morgan fingerprint density at radius 2 is 1.76 bits per heavy atom. The van der Waals surface area contributed by atoms with Crippen LogP contribution in [0.4, 0.5) is 18.9 Å². The van der Waals surface area contributed by atoms with Gasteiger partial charge in [-0.1, -0.05) is 54.1 Å².